The number of guanidine groups is 1. The molecule has 2 saturated heterocycles. The molecule has 0 aliphatic carbocycles. The van der Waals surface area contributed by atoms with Crippen molar-refractivity contribution in [3.8, 4) is 0 Å². The van der Waals surface area contributed by atoms with Crippen LogP contribution in [0.15, 0.2) is 23.3 Å². The summed E-state index contributed by atoms with van der Waals surface area (Å²) in [6, 6.07) is 4.15. The van der Waals surface area contributed by atoms with Crippen LogP contribution < -0.4 is 10.2 Å². The van der Waals surface area contributed by atoms with Gasteiger partial charge in [0.2, 0.25) is 0 Å². The summed E-state index contributed by atoms with van der Waals surface area (Å²) < 4.78 is 23.7. The van der Waals surface area contributed by atoms with Gasteiger partial charge in [-0.3, -0.25) is 4.99 Å². The lowest BCUT2D eigenvalue weighted by molar-refractivity contribution is 0.353. The fourth-order valence-electron chi connectivity index (χ4n) is 3.70. The molecular formula is C19H32IN5O2S. The number of nitrogens with zero attached hydrogens (tertiary/aromatic N) is 4. The van der Waals surface area contributed by atoms with Gasteiger partial charge in [0, 0.05) is 46.0 Å². The molecule has 158 valence electrons. The molecule has 2 fully saturated rings. The number of pyridine rings is 1. The Labute approximate surface area is 185 Å². The Balaban J connectivity index is 0.00000280. The molecule has 1 aromatic heterocycles. The summed E-state index contributed by atoms with van der Waals surface area (Å²) in [6.07, 6.45) is 5.62. The van der Waals surface area contributed by atoms with Crippen molar-refractivity contribution < 1.29 is 8.42 Å². The van der Waals surface area contributed by atoms with E-state index in [4.69, 9.17) is 0 Å². The molecule has 0 saturated carbocycles. The van der Waals surface area contributed by atoms with Crippen molar-refractivity contribution in [2.24, 2.45) is 4.99 Å². The zero-order valence-corrected chi connectivity index (χ0v) is 20.2. The second-order valence-electron chi connectivity index (χ2n) is 7.97. The average molecular weight is 521 g/mol. The van der Waals surface area contributed by atoms with E-state index in [1.165, 1.54) is 19.3 Å². The molecule has 1 N–H and O–H groups in total. The molecule has 0 radical (unpaired) electrons. The van der Waals surface area contributed by atoms with Gasteiger partial charge in [0.1, 0.15) is 5.82 Å². The number of sulfone groups is 1. The SMILES string of the molecule is CN=C(NCc1ccnc(N2CCCCC2)c1)N1CCS(=O)(=O)C(C)(C)C1.I. The summed E-state index contributed by atoms with van der Waals surface area (Å²) in [5, 5.41) is 3.39. The van der Waals surface area contributed by atoms with Crippen LogP contribution in [-0.2, 0) is 16.4 Å². The maximum absolute atomic E-state index is 12.2. The Morgan fingerprint density at radius 2 is 1.96 bits per heavy atom. The number of hydrogen-bond donors (Lipinski definition) is 1. The molecular weight excluding hydrogens is 489 g/mol. The van der Waals surface area contributed by atoms with Crippen LogP contribution in [0.2, 0.25) is 0 Å². The van der Waals surface area contributed by atoms with Crippen molar-refractivity contribution in [1.82, 2.24) is 15.2 Å². The zero-order chi connectivity index (χ0) is 19.5. The Kier molecular flexibility index (Phi) is 7.95. The van der Waals surface area contributed by atoms with E-state index in [0.29, 0.717) is 19.6 Å². The highest BCUT2D eigenvalue weighted by Gasteiger charge is 2.40. The standard InChI is InChI=1S/C19H31N5O2S.HI/c1-19(2)15-24(11-12-27(19,25)26)18(20-3)22-14-16-7-8-21-17(13-16)23-9-5-4-6-10-23;/h7-8,13H,4-6,9-12,14-15H2,1-3H3,(H,20,22);1H. The molecule has 0 amide bonds. The van der Waals surface area contributed by atoms with Gasteiger partial charge in [0.05, 0.1) is 10.5 Å². The number of piperidine rings is 1. The number of nitrogens with one attached hydrogen (secondary N) is 1. The molecule has 3 rings (SSSR count). The third kappa shape index (κ3) is 5.28. The third-order valence-corrected chi connectivity index (χ3v) is 8.03. The number of rotatable bonds is 3. The van der Waals surface area contributed by atoms with Gasteiger partial charge in [0.15, 0.2) is 15.8 Å². The lowest BCUT2D eigenvalue weighted by Gasteiger charge is -2.39. The first-order valence-electron chi connectivity index (χ1n) is 9.70. The molecule has 0 aromatic carbocycles. The highest BCUT2D eigenvalue weighted by molar-refractivity contribution is 14.0. The van der Waals surface area contributed by atoms with Crippen molar-refractivity contribution in [1.29, 1.82) is 0 Å². The summed E-state index contributed by atoms with van der Waals surface area (Å²) in [5.41, 5.74) is 1.15. The molecule has 2 aliphatic heterocycles. The monoisotopic (exact) mass is 521 g/mol. The van der Waals surface area contributed by atoms with E-state index in [2.05, 4.69) is 26.3 Å². The predicted molar refractivity (Wildman–Crippen MR) is 125 cm³/mol. The zero-order valence-electron chi connectivity index (χ0n) is 17.0. The largest absolute Gasteiger partial charge is 0.357 e. The molecule has 2 aliphatic rings. The highest BCUT2D eigenvalue weighted by atomic mass is 127. The first-order valence-corrected chi connectivity index (χ1v) is 11.4. The van der Waals surface area contributed by atoms with Crippen molar-refractivity contribution in [2.75, 3.05) is 43.9 Å². The Hall–Kier alpha value is -1.10. The second-order valence-corrected chi connectivity index (χ2v) is 10.7. The van der Waals surface area contributed by atoms with E-state index in [9.17, 15) is 8.42 Å². The number of anilines is 1. The summed E-state index contributed by atoms with van der Waals surface area (Å²) in [4.78, 5) is 13.3. The van der Waals surface area contributed by atoms with Gasteiger partial charge in [-0.1, -0.05) is 0 Å². The van der Waals surface area contributed by atoms with E-state index in [1.54, 1.807) is 20.9 Å². The summed E-state index contributed by atoms with van der Waals surface area (Å²) >= 11 is 0. The van der Waals surface area contributed by atoms with Crippen molar-refractivity contribution in [2.45, 2.75) is 44.4 Å². The Morgan fingerprint density at radius 3 is 2.61 bits per heavy atom. The van der Waals surface area contributed by atoms with E-state index < -0.39 is 14.6 Å². The molecule has 28 heavy (non-hydrogen) atoms. The first kappa shape index (κ1) is 23.2. The van der Waals surface area contributed by atoms with E-state index in [-0.39, 0.29) is 29.7 Å². The highest BCUT2D eigenvalue weighted by Crippen LogP contribution is 2.24. The molecule has 9 heteroatoms. The van der Waals surface area contributed by atoms with Crippen LogP contribution in [-0.4, -0.2) is 68.0 Å². The fraction of sp³-hybridized carbons (Fsp3) is 0.684. The van der Waals surface area contributed by atoms with Gasteiger partial charge in [-0.25, -0.2) is 13.4 Å². The van der Waals surface area contributed by atoms with Crippen LogP contribution in [0.1, 0.15) is 38.7 Å². The predicted octanol–water partition coefficient (Wildman–Crippen LogP) is 2.27. The van der Waals surface area contributed by atoms with Gasteiger partial charge < -0.3 is 15.1 Å². The minimum Gasteiger partial charge on any atom is -0.357 e. The van der Waals surface area contributed by atoms with Crippen molar-refractivity contribution in [3.63, 3.8) is 0 Å². The minimum atomic E-state index is -3.06. The number of halogens is 1. The van der Waals surface area contributed by atoms with Crippen LogP contribution in [0.5, 0.6) is 0 Å². The van der Waals surface area contributed by atoms with Gasteiger partial charge in [-0.2, -0.15) is 0 Å². The molecule has 1 aromatic rings. The first-order chi connectivity index (χ1) is 12.8. The van der Waals surface area contributed by atoms with Crippen LogP contribution in [0.4, 0.5) is 5.82 Å². The quantitative estimate of drug-likeness (QED) is 0.374. The van der Waals surface area contributed by atoms with Crippen LogP contribution >= 0.6 is 24.0 Å². The molecule has 7 nitrogen and oxygen atoms in total. The van der Waals surface area contributed by atoms with Crippen molar-refractivity contribution >= 4 is 45.6 Å². The van der Waals surface area contributed by atoms with Crippen LogP contribution in [0.3, 0.4) is 0 Å². The topological polar surface area (TPSA) is 77.9 Å². The van der Waals surface area contributed by atoms with E-state index >= 15 is 0 Å². The molecule has 0 spiro atoms. The minimum absolute atomic E-state index is 0. The van der Waals surface area contributed by atoms with Crippen molar-refractivity contribution in [3.05, 3.63) is 23.9 Å². The maximum Gasteiger partial charge on any atom is 0.193 e. The second kappa shape index (κ2) is 9.60. The van der Waals surface area contributed by atoms with Gasteiger partial charge in [0.25, 0.3) is 0 Å². The third-order valence-electron chi connectivity index (χ3n) is 5.50. The van der Waals surface area contributed by atoms with Gasteiger partial charge in [-0.15, -0.1) is 24.0 Å². The smallest absolute Gasteiger partial charge is 0.193 e. The normalized spacial score (nSPS) is 21.8. The molecule has 0 atom stereocenters. The summed E-state index contributed by atoms with van der Waals surface area (Å²) in [7, 11) is -1.32. The average Bonchev–Trinajstić information content (AvgIpc) is 2.66. The summed E-state index contributed by atoms with van der Waals surface area (Å²) in [6.45, 7) is 7.28. The molecule has 0 bridgehead atoms. The molecule has 3 heterocycles. The number of hydrogen-bond acceptors (Lipinski definition) is 5. The van der Waals surface area contributed by atoms with Gasteiger partial charge >= 0.3 is 0 Å². The Bertz CT molecular complexity index is 791. The lowest BCUT2D eigenvalue weighted by atomic mass is 10.1. The van der Waals surface area contributed by atoms with Gasteiger partial charge in [-0.05, 0) is 50.8 Å². The van der Waals surface area contributed by atoms with E-state index in [1.807, 2.05) is 17.2 Å². The summed E-state index contributed by atoms with van der Waals surface area (Å²) in [5.74, 6) is 1.94. The van der Waals surface area contributed by atoms with Crippen LogP contribution in [0, 0.1) is 0 Å². The molecule has 0 unspecified atom stereocenters. The Morgan fingerprint density at radius 1 is 1.25 bits per heavy atom. The maximum atomic E-state index is 12.2. The van der Waals surface area contributed by atoms with Crippen LogP contribution in [0.25, 0.3) is 0 Å². The lowest BCUT2D eigenvalue weighted by Crippen LogP contribution is -2.57. The number of aromatic nitrogens is 1. The van der Waals surface area contributed by atoms with E-state index in [0.717, 1.165) is 30.4 Å². The number of aliphatic imine (C=N–C) groups is 1. The fourth-order valence-corrected chi connectivity index (χ4v) is 5.07.